The highest BCUT2D eigenvalue weighted by molar-refractivity contribution is 7.47. The van der Waals surface area contributed by atoms with Crippen molar-refractivity contribution in [3.63, 3.8) is 0 Å². The van der Waals surface area contributed by atoms with Crippen molar-refractivity contribution in [2.24, 2.45) is 5.73 Å². The average Bonchev–Trinajstić information content (AvgIpc) is 3.02. The molecule has 0 bridgehead atoms. The minimum absolute atomic E-state index is 0.0654. The molecule has 0 aromatic carbocycles. The molecule has 0 aliphatic carbocycles. The summed E-state index contributed by atoms with van der Waals surface area (Å²) in [4.78, 5) is 22.5. The predicted molar refractivity (Wildman–Crippen MR) is 189 cm³/mol. The van der Waals surface area contributed by atoms with Crippen LogP contribution >= 0.6 is 7.82 Å². The van der Waals surface area contributed by atoms with E-state index < -0.39 is 20.0 Å². The number of rotatable bonds is 30. The van der Waals surface area contributed by atoms with Crippen LogP contribution in [0.1, 0.15) is 117 Å². The van der Waals surface area contributed by atoms with Gasteiger partial charge in [0.25, 0.3) is 0 Å². The molecule has 258 valence electrons. The highest BCUT2D eigenvalue weighted by Gasteiger charge is 2.26. The van der Waals surface area contributed by atoms with Crippen molar-refractivity contribution in [1.29, 1.82) is 0 Å². The molecule has 0 heterocycles. The Morgan fingerprint density at radius 1 is 0.756 bits per heavy atom. The third-order valence-corrected chi connectivity index (χ3v) is 7.75. The maximum absolute atomic E-state index is 12.6. The molecule has 0 aliphatic heterocycles. The Balaban J connectivity index is 4.42. The number of carbonyl (C=O) groups is 1. The first-order valence-corrected chi connectivity index (χ1v) is 18.6. The lowest BCUT2D eigenvalue weighted by Gasteiger charge is -2.23. The van der Waals surface area contributed by atoms with Crippen LogP contribution in [0, 0.1) is 0 Å². The van der Waals surface area contributed by atoms with E-state index in [0.717, 1.165) is 77.0 Å². The molecule has 3 atom stereocenters. The first-order chi connectivity index (χ1) is 21.9. The van der Waals surface area contributed by atoms with E-state index in [0.29, 0.717) is 6.42 Å². The summed E-state index contributed by atoms with van der Waals surface area (Å²) in [6.07, 6.45) is 39.6. The van der Waals surface area contributed by atoms with E-state index >= 15 is 0 Å². The van der Waals surface area contributed by atoms with Gasteiger partial charge in [-0.05, 0) is 70.6 Å². The molecule has 0 saturated heterocycles. The van der Waals surface area contributed by atoms with Crippen molar-refractivity contribution in [3.05, 3.63) is 72.9 Å². The van der Waals surface area contributed by atoms with E-state index in [4.69, 9.17) is 14.8 Å². The molecule has 0 radical (unpaired) electrons. The Bertz CT molecular complexity index is 929. The second-order valence-electron chi connectivity index (χ2n) is 11.0. The van der Waals surface area contributed by atoms with E-state index in [1.807, 2.05) is 6.08 Å². The van der Waals surface area contributed by atoms with E-state index in [2.05, 4.69) is 79.9 Å². The van der Waals surface area contributed by atoms with Gasteiger partial charge in [-0.1, -0.05) is 112 Å². The minimum atomic E-state index is -4.34. The maximum atomic E-state index is 12.6. The number of hydrogen-bond acceptors (Lipinski definition) is 6. The summed E-state index contributed by atoms with van der Waals surface area (Å²) in [6, 6.07) is -0.890. The van der Waals surface area contributed by atoms with Gasteiger partial charge in [0.15, 0.2) is 0 Å². The quantitative estimate of drug-likeness (QED) is 0.0348. The van der Waals surface area contributed by atoms with Crippen LogP contribution in [0.25, 0.3) is 0 Å². The zero-order chi connectivity index (χ0) is 33.3. The summed E-state index contributed by atoms with van der Waals surface area (Å²) >= 11 is 0. The Kier molecular flexibility index (Phi) is 30.4. The summed E-state index contributed by atoms with van der Waals surface area (Å²) < 4.78 is 21.9. The largest absolute Gasteiger partial charge is 0.472 e. The second kappa shape index (κ2) is 31.9. The Morgan fingerprint density at radius 2 is 1.31 bits per heavy atom. The van der Waals surface area contributed by atoms with Crippen molar-refractivity contribution in [1.82, 2.24) is 5.32 Å². The number of phosphoric acid groups is 1. The normalized spacial score (nSPS) is 15.4. The molecule has 0 aromatic rings. The van der Waals surface area contributed by atoms with Crippen LogP contribution in [-0.4, -0.2) is 47.8 Å². The molecule has 9 heteroatoms. The van der Waals surface area contributed by atoms with Gasteiger partial charge in [-0.2, -0.15) is 0 Å². The topological polar surface area (TPSA) is 131 Å². The predicted octanol–water partition coefficient (Wildman–Crippen LogP) is 8.54. The van der Waals surface area contributed by atoms with Crippen molar-refractivity contribution in [2.75, 3.05) is 19.8 Å². The molecular formula is C36H63N2O6P. The van der Waals surface area contributed by atoms with Crippen molar-refractivity contribution < 1.29 is 28.4 Å². The number of allylic oxidation sites excluding steroid dienone is 11. The molecule has 8 nitrogen and oxygen atoms in total. The molecule has 0 saturated carbocycles. The molecule has 3 unspecified atom stereocenters. The standard InChI is InChI=1S/C36H63N2O6P/c1-3-5-7-9-11-13-14-15-16-17-18-19-20-22-24-26-28-30-36(40)38-34(33-44-45(41,42)43-32-31-37)35(39)29-27-25-23-21-12-10-8-6-4-2/h5,7,11-13,15-16,18-19,21,27,29,34-35,39H,3-4,6,8-10,14,17,20,22-26,28,30-33,37H2,1-2H3,(H,38,40)(H,41,42)/b7-5-,13-11-,16-15-,19-18-,21-12+,29-27+. The van der Waals surface area contributed by atoms with Crippen LogP contribution in [0.2, 0.25) is 0 Å². The molecule has 0 aliphatic rings. The SMILES string of the molecule is CC/C=C\C/C=C\C/C=C\C/C=C\CCCCCCC(=O)NC(COP(=O)(O)OCCN)C(O)/C=C/CC/C=C/CCCCC. The summed E-state index contributed by atoms with van der Waals surface area (Å²) in [6.45, 7) is 3.88. The highest BCUT2D eigenvalue weighted by atomic mass is 31.2. The van der Waals surface area contributed by atoms with Crippen LogP contribution in [0.15, 0.2) is 72.9 Å². The van der Waals surface area contributed by atoms with Gasteiger partial charge in [0, 0.05) is 13.0 Å². The van der Waals surface area contributed by atoms with Crippen molar-refractivity contribution in [3.8, 4) is 0 Å². The number of unbranched alkanes of at least 4 members (excludes halogenated alkanes) is 8. The smallest absolute Gasteiger partial charge is 0.387 e. The Hall–Kier alpha value is -2.06. The molecule has 0 fully saturated rings. The summed E-state index contributed by atoms with van der Waals surface area (Å²) in [5, 5.41) is 13.5. The number of aliphatic hydroxyl groups is 1. The summed E-state index contributed by atoms with van der Waals surface area (Å²) in [5.41, 5.74) is 5.33. The molecular weight excluding hydrogens is 587 g/mol. The van der Waals surface area contributed by atoms with Gasteiger partial charge in [-0.25, -0.2) is 4.57 Å². The van der Waals surface area contributed by atoms with Gasteiger partial charge >= 0.3 is 7.82 Å². The Morgan fingerprint density at radius 3 is 1.96 bits per heavy atom. The number of carbonyl (C=O) groups excluding carboxylic acids is 1. The van der Waals surface area contributed by atoms with Crippen LogP contribution in [0.4, 0.5) is 0 Å². The van der Waals surface area contributed by atoms with Crippen molar-refractivity contribution in [2.45, 2.75) is 129 Å². The van der Waals surface area contributed by atoms with Crippen LogP contribution in [0.3, 0.4) is 0 Å². The lowest BCUT2D eigenvalue weighted by atomic mass is 10.1. The third-order valence-electron chi connectivity index (χ3n) is 6.77. The minimum Gasteiger partial charge on any atom is -0.387 e. The average molecular weight is 651 g/mol. The number of aliphatic hydroxyl groups excluding tert-OH is 1. The molecule has 0 aromatic heterocycles. The zero-order valence-corrected chi connectivity index (χ0v) is 29.0. The van der Waals surface area contributed by atoms with Gasteiger partial charge in [-0.15, -0.1) is 0 Å². The molecule has 1 amide bonds. The molecule has 0 spiro atoms. The summed E-state index contributed by atoms with van der Waals surface area (Å²) in [5.74, 6) is -0.235. The van der Waals surface area contributed by atoms with Gasteiger partial charge in [0.1, 0.15) is 0 Å². The van der Waals surface area contributed by atoms with Gasteiger partial charge in [0.2, 0.25) is 5.91 Å². The molecule has 45 heavy (non-hydrogen) atoms. The van der Waals surface area contributed by atoms with Gasteiger partial charge < -0.3 is 21.1 Å². The number of phosphoric ester groups is 1. The highest BCUT2D eigenvalue weighted by Crippen LogP contribution is 2.43. The number of nitrogens with one attached hydrogen (secondary N) is 1. The maximum Gasteiger partial charge on any atom is 0.472 e. The fraction of sp³-hybridized carbons (Fsp3) is 0.639. The molecule has 5 N–H and O–H groups in total. The lowest BCUT2D eigenvalue weighted by Crippen LogP contribution is -2.45. The number of amides is 1. The van der Waals surface area contributed by atoms with Gasteiger partial charge in [0.05, 0.1) is 25.4 Å². The summed E-state index contributed by atoms with van der Waals surface area (Å²) in [7, 11) is -4.34. The fourth-order valence-electron chi connectivity index (χ4n) is 4.19. The Labute approximate surface area is 274 Å². The van der Waals surface area contributed by atoms with E-state index in [1.165, 1.54) is 19.3 Å². The molecule has 0 rings (SSSR count). The van der Waals surface area contributed by atoms with Crippen molar-refractivity contribution >= 4 is 13.7 Å². The van der Waals surface area contributed by atoms with E-state index in [-0.39, 0.29) is 25.7 Å². The number of hydrogen-bond donors (Lipinski definition) is 4. The third kappa shape index (κ3) is 30.4. The van der Waals surface area contributed by atoms with Crippen LogP contribution < -0.4 is 11.1 Å². The second-order valence-corrected chi connectivity index (χ2v) is 12.4. The first-order valence-electron chi connectivity index (χ1n) is 17.1. The van der Waals surface area contributed by atoms with Crippen LogP contribution in [-0.2, 0) is 18.4 Å². The zero-order valence-electron chi connectivity index (χ0n) is 28.1. The first kappa shape index (κ1) is 42.9. The lowest BCUT2D eigenvalue weighted by molar-refractivity contribution is -0.123. The fourth-order valence-corrected chi connectivity index (χ4v) is 4.95. The van der Waals surface area contributed by atoms with E-state index in [1.54, 1.807) is 6.08 Å². The van der Waals surface area contributed by atoms with E-state index in [9.17, 15) is 19.4 Å². The number of nitrogens with two attached hydrogens (primary N) is 1. The van der Waals surface area contributed by atoms with Gasteiger partial charge in [-0.3, -0.25) is 13.8 Å². The monoisotopic (exact) mass is 650 g/mol. The van der Waals surface area contributed by atoms with Crippen LogP contribution in [0.5, 0.6) is 0 Å².